The van der Waals surface area contributed by atoms with Crippen LogP contribution in [0.15, 0.2) is 88.2 Å². The van der Waals surface area contributed by atoms with Crippen LogP contribution in [-0.2, 0) is 10.1 Å². The molecule has 7 heteroatoms. The number of hydrogen-bond donors (Lipinski definition) is 0. The third-order valence-corrected chi connectivity index (χ3v) is 5.75. The molecule has 3 aromatic carbocycles. The van der Waals surface area contributed by atoms with Gasteiger partial charge in [0.2, 0.25) is 0 Å². The highest BCUT2D eigenvalue weighted by atomic mass is 79.9. The Hall–Kier alpha value is -2.41. The van der Waals surface area contributed by atoms with E-state index in [1.807, 2.05) is 6.07 Å². The van der Waals surface area contributed by atoms with E-state index in [9.17, 15) is 13.2 Å². The second-order valence-corrected chi connectivity index (χ2v) is 8.67. The van der Waals surface area contributed by atoms with Crippen LogP contribution in [0.5, 0.6) is 5.75 Å². The quantitative estimate of drug-likeness (QED) is 0.257. The summed E-state index contributed by atoms with van der Waals surface area (Å²) >= 11 is 9.17. The van der Waals surface area contributed by atoms with Crippen LogP contribution in [0.1, 0.15) is 15.9 Å². The van der Waals surface area contributed by atoms with E-state index in [0.717, 1.165) is 10.0 Å². The first kappa shape index (κ1) is 20.3. The second-order valence-electron chi connectivity index (χ2n) is 5.77. The van der Waals surface area contributed by atoms with Crippen LogP contribution in [0, 0.1) is 0 Å². The first-order chi connectivity index (χ1) is 13.3. The molecule has 0 saturated carbocycles. The first-order valence-corrected chi connectivity index (χ1v) is 10.7. The number of allylic oxidation sites excluding steroid dienone is 1. The summed E-state index contributed by atoms with van der Waals surface area (Å²) in [6, 6.07) is 19.1. The van der Waals surface area contributed by atoms with Gasteiger partial charge < -0.3 is 4.18 Å². The maximum Gasteiger partial charge on any atom is 0.339 e. The molecule has 0 unspecified atom stereocenters. The SMILES string of the molecule is O=C(C=Cc1cccc(Cl)c1)c1ccc(OS(=O)(=O)c2ccc(Br)cc2)cc1. The molecule has 0 fully saturated rings. The van der Waals surface area contributed by atoms with E-state index in [4.69, 9.17) is 15.8 Å². The average Bonchev–Trinajstić information content (AvgIpc) is 2.67. The molecule has 28 heavy (non-hydrogen) atoms. The van der Waals surface area contributed by atoms with Crippen LogP contribution in [0.25, 0.3) is 6.08 Å². The molecule has 0 aromatic heterocycles. The van der Waals surface area contributed by atoms with E-state index in [-0.39, 0.29) is 16.4 Å². The highest BCUT2D eigenvalue weighted by Crippen LogP contribution is 2.21. The molecule has 0 saturated heterocycles. The number of hydrogen-bond acceptors (Lipinski definition) is 4. The first-order valence-electron chi connectivity index (χ1n) is 8.12. The minimum absolute atomic E-state index is 0.0420. The van der Waals surface area contributed by atoms with Crippen molar-refractivity contribution in [1.82, 2.24) is 0 Å². The molecule has 0 aliphatic heterocycles. The predicted molar refractivity (Wildman–Crippen MR) is 113 cm³/mol. The third-order valence-electron chi connectivity index (χ3n) is 3.72. The summed E-state index contributed by atoms with van der Waals surface area (Å²) in [6.45, 7) is 0. The van der Waals surface area contributed by atoms with Crippen molar-refractivity contribution in [3.63, 3.8) is 0 Å². The topological polar surface area (TPSA) is 60.4 Å². The largest absolute Gasteiger partial charge is 0.379 e. The molecular formula is C21H14BrClO4S. The number of ketones is 1. The van der Waals surface area contributed by atoms with Crippen LogP contribution in [0.2, 0.25) is 5.02 Å². The monoisotopic (exact) mass is 476 g/mol. The molecule has 0 atom stereocenters. The smallest absolute Gasteiger partial charge is 0.339 e. The van der Waals surface area contributed by atoms with Gasteiger partial charge in [0.15, 0.2) is 5.78 Å². The Morgan fingerprint density at radius 2 is 1.64 bits per heavy atom. The van der Waals surface area contributed by atoms with E-state index in [1.165, 1.54) is 42.5 Å². The molecule has 142 valence electrons. The van der Waals surface area contributed by atoms with Gasteiger partial charge in [-0.3, -0.25) is 4.79 Å². The summed E-state index contributed by atoms with van der Waals surface area (Å²) in [5.41, 5.74) is 1.22. The fraction of sp³-hybridized carbons (Fsp3) is 0. The van der Waals surface area contributed by atoms with E-state index >= 15 is 0 Å². The van der Waals surface area contributed by atoms with E-state index in [0.29, 0.717) is 10.6 Å². The molecule has 0 N–H and O–H groups in total. The van der Waals surface area contributed by atoms with Gasteiger partial charge in [0.25, 0.3) is 0 Å². The minimum Gasteiger partial charge on any atom is -0.379 e. The van der Waals surface area contributed by atoms with E-state index < -0.39 is 10.1 Å². The second kappa shape index (κ2) is 8.73. The number of halogens is 2. The van der Waals surface area contributed by atoms with Crippen molar-refractivity contribution >= 4 is 49.5 Å². The summed E-state index contributed by atoms with van der Waals surface area (Å²) < 4.78 is 30.5. The van der Waals surface area contributed by atoms with Crippen LogP contribution in [0.4, 0.5) is 0 Å². The van der Waals surface area contributed by atoms with Crippen LogP contribution < -0.4 is 4.18 Å². The fourth-order valence-corrected chi connectivity index (χ4v) is 3.72. The van der Waals surface area contributed by atoms with Crippen LogP contribution in [0.3, 0.4) is 0 Å². The zero-order valence-electron chi connectivity index (χ0n) is 14.4. The normalized spacial score (nSPS) is 11.5. The predicted octanol–water partition coefficient (Wildman–Crippen LogP) is 5.77. The Kier molecular flexibility index (Phi) is 6.34. The molecule has 0 heterocycles. The summed E-state index contributed by atoms with van der Waals surface area (Å²) in [7, 11) is -3.95. The highest BCUT2D eigenvalue weighted by Gasteiger charge is 2.16. The lowest BCUT2D eigenvalue weighted by Crippen LogP contribution is -2.09. The molecule has 3 rings (SSSR count). The molecule has 0 aliphatic carbocycles. The Morgan fingerprint density at radius 3 is 2.29 bits per heavy atom. The Bertz CT molecular complexity index is 1120. The Balaban J connectivity index is 1.70. The standard InChI is InChI=1S/C21H14BrClO4S/c22-17-7-11-20(12-8-17)28(25,26)27-19-9-5-16(6-10-19)21(24)13-4-15-2-1-3-18(23)14-15/h1-14H. The molecule has 0 spiro atoms. The lowest BCUT2D eigenvalue weighted by atomic mass is 10.1. The van der Waals surface area contributed by atoms with Crippen LogP contribution >= 0.6 is 27.5 Å². The zero-order valence-corrected chi connectivity index (χ0v) is 17.5. The molecule has 3 aromatic rings. The van der Waals surface area contributed by atoms with Crippen molar-refractivity contribution in [2.75, 3.05) is 0 Å². The van der Waals surface area contributed by atoms with Crippen LogP contribution in [-0.4, -0.2) is 14.2 Å². The lowest BCUT2D eigenvalue weighted by Gasteiger charge is -2.07. The number of rotatable bonds is 6. The molecular weight excluding hydrogens is 464 g/mol. The van der Waals surface area contributed by atoms with Crippen molar-refractivity contribution in [2.24, 2.45) is 0 Å². The minimum atomic E-state index is -3.95. The summed E-state index contributed by atoms with van der Waals surface area (Å²) in [6.07, 6.45) is 3.09. The maximum atomic E-state index is 12.3. The summed E-state index contributed by atoms with van der Waals surface area (Å²) in [4.78, 5) is 12.3. The van der Waals surface area contributed by atoms with Gasteiger partial charge in [0, 0.05) is 15.1 Å². The van der Waals surface area contributed by atoms with Crippen molar-refractivity contribution in [3.8, 4) is 5.75 Å². The molecule has 0 amide bonds. The van der Waals surface area contributed by atoms with Gasteiger partial charge in [-0.25, -0.2) is 0 Å². The third kappa shape index (κ3) is 5.32. The van der Waals surface area contributed by atoms with Gasteiger partial charge in [-0.2, -0.15) is 8.42 Å². The Labute approximate surface area is 176 Å². The fourth-order valence-electron chi connectivity index (χ4n) is 2.33. The number of carbonyl (C=O) groups excluding carboxylic acids is 1. The highest BCUT2D eigenvalue weighted by molar-refractivity contribution is 9.10. The number of carbonyl (C=O) groups is 1. The van der Waals surface area contributed by atoms with Crippen molar-refractivity contribution in [2.45, 2.75) is 4.90 Å². The molecule has 0 bridgehead atoms. The van der Waals surface area contributed by atoms with Crippen molar-refractivity contribution < 1.29 is 17.4 Å². The van der Waals surface area contributed by atoms with E-state index in [1.54, 1.807) is 36.4 Å². The molecule has 4 nitrogen and oxygen atoms in total. The molecule has 0 radical (unpaired) electrons. The molecule has 0 aliphatic rings. The van der Waals surface area contributed by atoms with Crippen molar-refractivity contribution in [1.29, 1.82) is 0 Å². The van der Waals surface area contributed by atoms with Gasteiger partial charge >= 0.3 is 10.1 Å². The average molecular weight is 478 g/mol. The van der Waals surface area contributed by atoms with Gasteiger partial charge in [0.05, 0.1) is 0 Å². The number of benzene rings is 3. The summed E-state index contributed by atoms with van der Waals surface area (Å²) in [5, 5.41) is 0.586. The maximum absolute atomic E-state index is 12.3. The Morgan fingerprint density at radius 1 is 0.964 bits per heavy atom. The van der Waals surface area contributed by atoms with Gasteiger partial charge in [-0.15, -0.1) is 0 Å². The van der Waals surface area contributed by atoms with Gasteiger partial charge in [-0.1, -0.05) is 45.7 Å². The summed E-state index contributed by atoms with van der Waals surface area (Å²) in [5.74, 6) is -0.0967. The zero-order chi connectivity index (χ0) is 20.1. The van der Waals surface area contributed by atoms with Crippen molar-refractivity contribution in [3.05, 3.63) is 99.5 Å². The van der Waals surface area contributed by atoms with Gasteiger partial charge in [0.1, 0.15) is 10.6 Å². The van der Waals surface area contributed by atoms with E-state index in [2.05, 4.69) is 15.9 Å². The van der Waals surface area contributed by atoms with Gasteiger partial charge in [-0.05, 0) is 72.3 Å². The lowest BCUT2D eigenvalue weighted by molar-refractivity contribution is 0.104.